The van der Waals surface area contributed by atoms with Gasteiger partial charge < -0.3 is 19.7 Å². The third-order valence-electron chi connectivity index (χ3n) is 3.95. The summed E-state index contributed by atoms with van der Waals surface area (Å²) in [6, 6.07) is 11.8. The Balaban J connectivity index is 2.05. The number of methoxy groups -OCH3 is 1. The summed E-state index contributed by atoms with van der Waals surface area (Å²) < 4.78 is 10.1. The molecule has 0 spiro atoms. The molecule has 0 saturated carbocycles. The molecule has 29 heavy (non-hydrogen) atoms. The van der Waals surface area contributed by atoms with E-state index >= 15 is 0 Å². The van der Waals surface area contributed by atoms with E-state index in [0.29, 0.717) is 26.9 Å². The van der Waals surface area contributed by atoms with Gasteiger partial charge in [0.1, 0.15) is 16.4 Å². The number of para-hydroxylation sites is 1. The molecule has 1 aliphatic rings. The van der Waals surface area contributed by atoms with E-state index in [-0.39, 0.29) is 28.7 Å². The third kappa shape index (κ3) is 4.58. The van der Waals surface area contributed by atoms with Gasteiger partial charge in [-0.25, -0.2) is 9.79 Å². The maximum Gasteiger partial charge on any atom is 0.344 e. The van der Waals surface area contributed by atoms with Crippen LogP contribution in [0.25, 0.3) is 6.08 Å². The first-order chi connectivity index (χ1) is 13.9. The Hall–Kier alpha value is -2.90. The minimum absolute atomic E-state index is 0.0271. The predicted octanol–water partition coefficient (Wildman–Crippen LogP) is 5.25. The van der Waals surface area contributed by atoms with Crippen molar-refractivity contribution in [3.63, 3.8) is 0 Å². The highest BCUT2D eigenvalue weighted by Crippen LogP contribution is 2.41. The number of aliphatic hydroxyl groups excluding tert-OH is 1. The fraction of sp³-hybridized carbons (Fsp3) is 0.143. The topological polar surface area (TPSA) is 88.4 Å². The van der Waals surface area contributed by atoms with Crippen LogP contribution in [0.15, 0.2) is 63.7 Å². The van der Waals surface area contributed by atoms with E-state index < -0.39 is 5.97 Å². The lowest BCUT2D eigenvalue weighted by Crippen LogP contribution is -2.12. The fourth-order valence-electron chi connectivity index (χ4n) is 2.59. The van der Waals surface area contributed by atoms with Crippen LogP contribution >= 0.6 is 23.4 Å². The number of halogens is 1. The van der Waals surface area contributed by atoms with Crippen molar-refractivity contribution < 1.29 is 24.5 Å². The van der Waals surface area contributed by atoms with Crippen molar-refractivity contribution in [1.82, 2.24) is 0 Å². The van der Waals surface area contributed by atoms with Gasteiger partial charge in [0.05, 0.1) is 29.3 Å². The fourth-order valence-corrected chi connectivity index (χ4v) is 3.80. The monoisotopic (exact) mass is 431 g/mol. The number of hydrogen-bond acceptors (Lipinski definition) is 7. The minimum atomic E-state index is -0.677. The number of aliphatic hydroxyl groups is 1. The van der Waals surface area contributed by atoms with Gasteiger partial charge in [0, 0.05) is 0 Å². The Morgan fingerprint density at radius 2 is 2.00 bits per heavy atom. The van der Waals surface area contributed by atoms with Crippen molar-refractivity contribution in [2.45, 2.75) is 6.92 Å². The van der Waals surface area contributed by atoms with E-state index in [1.165, 1.54) is 13.2 Å². The lowest BCUT2D eigenvalue weighted by atomic mass is 10.1. The van der Waals surface area contributed by atoms with E-state index in [1.807, 2.05) is 0 Å². The molecular weight excluding hydrogens is 414 g/mol. The predicted molar refractivity (Wildman–Crippen MR) is 115 cm³/mol. The lowest BCUT2D eigenvalue weighted by molar-refractivity contribution is -0.138. The van der Waals surface area contributed by atoms with Crippen LogP contribution in [0, 0.1) is 0 Å². The highest BCUT2D eigenvalue weighted by atomic mass is 35.5. The average Bonchev–Trinajstić information content (AvgIpc) is 2.99. The highest BCUT2D eigenvalue weighted by Gasteiger charge is 2.33. The summed E-state index contributed by atoms with van der Waals surface area (Å²) in [5, 5.41) is 21.3. The molecule has 2 aromatic rings. The molecule has 0 radical (unpaired) electrons. The summed E-state index contributed by atoms with van der Waals surface area (Å²) in [5.74, 6) is -0.623. The molecule has 0 aromatic heterocycles. The maximum absolute atomic E-state index is 12.4. The van der Waals surface area contributed by atoms with E-state index in [0.717, 1.165) is 11.8 Å². The Morgan fingerprint density at radius 1 is 1.24 bits per heavy atom. The van der Waals surface area contributed by atoms with Crippen molar-refractivity contribution in [2.24, 2.45) is 4.99 Å². The van der Waals surface area contributed by atoms with E-state index in [4.69, 9.17) is 21.1 Å². The first kappa shape index (κ1) is 20.8. The largest absolute Gasteiger partial charge is 0.506 e. The van der Waals surface area contributed by atoms with Crippen LogP contribution in [0.5, 0.6) is 11.5 Å². The number of thioether (sulfide) groups is 1. The van der Waals surface area contributed by atoms with Gasteiger partial charge in [0.2, 0.25) is 0 Å². The number of phenolic OH excluding ortho intramolecular Hbond substituents is 1. The minimum Gasteiger partial charge on any atom is -0.506 e. The Bertz CT molecular complexity index is 1050. The molecule has 1 heterocycles. The third-order valence-corrected chi connectivity index (χ3v) is 5.28. The van der Waals surface area contributed by atoms with Crippen molar-refractivity contribution in [1.29, 1.82) is 0 Å². The smallest absolute Gasteiger partial charge is 0.344 e. The van der Waals surface area contributed by atoms with Crippen molar-refractivity contribution >= 4 is 46.1 Å². The van der Waals surface area contributed by atoms with E-state index in [1.54, 1.807) is 49.4 Å². The quantitative estimate of drug-likeness (QED) is 0.629. The number of phenols is 1. The molecule has 8 heteroatoms. The molecule has 3 rings (SSSR count). The lowest BCUT2D eigenvalue weighted by Gasteiger charge is -2.04. The molecule has 0 unspecified atom stereocenters. The normalized spacial score (nSPS) is 16.5. The Labute approximate surface area is 177 Å². The SMILES string of the molecule is CCOC(=O)C1=C(O)C(=Cc2ccc(OC)c(O)c2)SC1=Nc1ccccc1Cl. The van der Waals surface area contributed by atoms with Crippen LogP contribution < -0.4 is 4.74 Å². The molecule has 0 fully saturated rings. The number of nitrogens with zero attached hydrogens (tertiary/aromatic N) is 1. The van der Waals surface area contributed by atoms with Gasteiger partial charge in [-0.3, -0.25) is 0 Å². The van der Waals surface area contributed by atoms with Crippen LogP contribution in [-0.2, 0) is 9.53 Å². The number of hydrogen-bond donors (Lipinski definition) is 2. The Morgan fingerprint density at radius 3 is 2.66 bits per heavy atom. The number of carbonyl (C=O) groups is 1. The molecule has 0 bridgehead atoms. The summed E-state index contributed by atoms with van der Waals surface area (Å²) in [5.41, 5.74) is 1.05. The first-order valence-electron chi connectivity index (χ1n) is 8.65. The van der Waals surface area contributed by atoms with Gasteiger partial charge in [0.25, 0.3) is 0 Å². The van der Waals surface area contributed by atoms with Crippen molar-refractivity contribution in [3.05, 3.63) is 69.3 Å². The number of rotatable bonds is 5. The van der Waals surface area contributed by atoms with Crippen LogP contribution in [0.1, 0.15) is 12.5 Å². The molecule has 6 nitrogen and oxygen atoms in total. The maximum atomic E-state index is 12.4. The number of carbonyl (C=O) groups excluding carboxylic acids is 1. The van der Waals surface area contributed by atoms with Crippen LogP contribution in [0.2, 0.25) is 5.02 Å². The number of benzene rings is 2. The number of aromatic hydroxyl groups is 1. The molecular formula is C21H18ClNO5S. The van der Waals surface area contributed by atoms with Gasteiger partial charge in [-0.15, -0.1) is 0 Å². The zero-order chi connectivity index (χ0) is 21.0. The number of esters is 1. The summed E-state index contributed by atoms with van der Waals surface area (Å²) in [4.78, 5) is 17.3. The standard InChI is InChI=1S/C21H18ClNO5S/c1-3-28-21(26)18-19(25)17(11-12-8-9-16(27-2)15(24)10-12)29-20(18)23-14-7-5-4-6-13(14)22/h4-11,24-25H,3H2,1-2H3. The van der Waals surface area contributed by atoms with Gasteiger partial charge in [-0.2, -0.15) is 0 Å². The van der Waals surface area contributed by atoms with Gasteiger partial charge in [-0.1, -0.05) is 41.6 Å². The Kier molecular flexibility index (Phi) is 6.51. The second kappa shape index (κ2) is 9.07. The molecule has 150 valence electrons. The first-order valence-corrected chi connectivity index (χ1v) is 9.85. The van der Waals surface area contributed by atoms with Crippen molar-refractivity contribution in [3.8, 4) is 11.5 Å². The molecule has 0 saturated heterocycles. The van der Waals surface area contributed by atoms with Gasteiger partial charge >= 0.3 is 5.97 Å². The number of aliphatic imine (C=N–C) groups is 1. The zero-order valence-corrected chi connectivity index (χ0v) is 17.3. The molecule has 0 aliphatic carbocycles. The zero-order valence-electron chi connectivity index (χ0n) is 15.7. The van der Waals surface area contributed by atoms with E-state index in [9.17, 15) is 15.0 Å². The second-order valence-corrected chi connectivity index (χ2v) is 7.29. The van der Waals surface area contributed by atoms with Crippen LogP contribution in [0.3, 0.4) is 0 Å². The number of ether oxygens (including phenoxy) is 2. The summed E-state index contributed by atoms with van der Waals surface area (Å²) in [6.45, 7) is 1.84. The molecule has 2 aromatic carbocycles. The average molecular weight is 432 g/mol. The molecule has 0 atom stereocenters. The van der Waals surface area contributed by atoms with Crippen molar-refractivity contribution in [2.75, 3.05) is 13.7 Å². The molecule has 1 aliphatic heterocycles. The van der Waals surface area contributed by atoms with Gasteiger partial charge in [0.15, 0.2) is 11.5 Å². The molecule has 2 N–H and O–H groups in total. The van der Waals surface area contributed by atoms with Crippen LogP contribution in [0.4, 0.5) is 5.69 Å². The van der Waals surface area contributed by atoms with Gasteiger partial charge in [-0.05, 0) is 42.8 Å². The summed E-state index contributed by atoms with van der Waals surface area (Å²) >= 11 is 7.28. The second-order valence-electron chi connectivity index (χ2n) is 5.85. The summed E-state index contributed by atoms with van der Waals surface area (Å²) in [6.07, 6.45) is 1.63. The van der Waals surface area contributed by atoms with Crippen LogP contribution in [-0.4, -0.2) is 34.9 Å². The highest BCUT2D eigenvalue weighted by molar-refractivity contribution is 8.18. The van der Waals surface area contributed by atoms with E-state index in [2.05, 4.69) is 4.99 Å². The molecule has 0 amide bonds. The summed E-state index contributed by atoms with van der Waals surface area (Å²) in [7, 11) is 1.46.